The van der Waals surface area contributed by atoms with E-state index in [1.807, 2.05) is 0 Å². The monoisotopic (exact) mass is 364 g/mol. The van der Waals surface area contributed by atoms with Crippen molar-refractivity contribution in [3.8, 4) is 0 Å². The summed E-state index contributed by atoms with van der Waals surface area (Å²) in [4.78, 5) is 0. The zero-order valence-corrected chi connectivity index (χ0v) is 16.9. The van der Waals surface area contributed by atoms with Gasteiger partial charge in [0.25, 0.3) is 0 Å². The van der Waals surface area contributed by atoms with E-state index < -0.39 is 7.38 Å². The molecule has 3 aromatic rings. The molecule has 0 radical (unpaired) electrons. The summed E-state index contributed by atoms with van der Waals surface area (Å²) < 4.78 is 0. The third-order valence-electron chi connectivity index (χ3n) is 4.73. The third-order valence-corrected chi connectivity index (χ3v) is 9.83. The molecular weight excluding hydrogens is 340 g/mol. The first-order valence-corrected chi connectivity index (χ1v) is 12.0. The molecule has 3 rings (SSSR count). The van der Waals surface area contributed by atoms with Crippen molar-refractivity contribution in [3.05, 3.63) is 96.1 Å². The predicted molar refractivity (Wildman–Crippen MR) is 113 cm³/mol. The second-order valence-corrected chi connectivity index (χ2v) is 12.7. The molecule has 0 aliphatic rings. The van der Waals surface area contributed by atoms with Gasteiger partial charge in [-0.2, -0.15) is 11.1 Å². The maximum atomic E-state index is 7.39. The Morgan fingerprint density at radius 3 is 1.52 bits per heavy atom. The molecule has 0 nitrogen and oxygen atoms in total. The molecule has 25 heavy (non-hydrogen) atoms. The van der Waals surface area contributed by atoms with Gasteiger partial charge in [-0.15, -0.1) is 0 Å². The van der Waals surface area contributed by atoms with Crippen LogP contribution in [-0.4, -0.2) is 7.38 Å². The molecule has 0 fully saturated rings. The first kappa shape index (κ1) is 18.0. The Bertz CT molecular complexity index is 763. The lowest BCUT2D eigenvalue weighted by atomic mass is 9.87. The van der Waals surface area contributed by atoms with Crippen molar-refractivity contribution in [2.24, 2.45) is 0 Å². The Hall–Kier alpha value is -1.83. The van der Waals surface area contributed by atoms with E-state index in [4.69, 9.17) is 11.1 Å². The van der Waals surface area contributed by atoms with Crippen molar-refractivity contribution in [1.29, 1.82) is 0 Å². The van der Waals surface area contributed by atoms with Crippen molar-refractivity contribution < 1.29 is 0 Å². The van der Waals surface area contributed by atoms with Crippen LogP contribution in [0.15, 0.2) is 84.9 Å². The Morgan fingerprint density at radius 2 is 1.12 bits per heavy atom. The van der Waals surface area contributed by atoms with Crippen molar-refractivity contribution in [3.63, 3.8) is 0 Å². The Kier molecular flexibility index (Phi) is 5.17. The topological polar surface area (TPSA) is 0 Å². The maximum Gasteiger partial charge on any atom is 0.221 e. The van der Waals surface area contributed by atoms with Crippen LogP contribution in [0.5, 0.6) is 0 Å². The highest BCUT2D eigenvalue weighted by Gasteiger charge is 2.35. The quantitative estimate of drug-likeness (QED) is 0.448. The highest BCUT2D eigenvalue weighted by molar-refractivity contribution is 7.33. The van der Waals surface area contributed by atoms with Gasteiger partial charge in [-0.1, -0.05) is 106 Å². The fraction of sp³-hybridized carbons (Fsp3) is 0.217. The molecule has 0 aliphatic heterocycles. The summed E-state index contributed by atoms with van der Waals surface area (Å²) in [7, 11) is -2.33. The predicted octanol–water partition coefficient (Wildman–Crippen LogP) is 5.06. The molecule has 0 spiro atoms. The van der Waals surface area contributed by atoms with E-state index in [2.05, 4.69) is 106 Å². The molecular formula is C23H25ClSi. The third kappa shape index (κ3) is 4.05. The van der Waals surface area contributed by atoms with Crippen LogP contribution in [-0.2, 0) is 11.5 Å². The van der Waals surface area contributed by atoms with Gasteiger partial charge >= 0.3 is 0 Å². The molecule has 0 N–H and O–H groups in total. The van der Waals surface area contributed by atoms with Gasteiger partial charge in [0.1, 0.15) is 0 Å². The molecule has 0 aromatic heterocycles. The van der Waals surface area contributed by atoms with Crippen LogP contribution in [0.1, 0.15) is 31.9 Å². The normalized spacial score (nSPS) is 12.2. The van der Waals surface area contributed by atoms with Crippen LogP contribution in [0.3, 0.4) is 0 Å². The lowest BCUT2D eigenvalue weighted by Crippen LogP contribution is -2.55. The van der Waals surface area contributed by atoms with Crippen molar-refractivity contribution in [2.45, 2.75) is 32.2 Å². The van der Waals surface area contributed by atoms with Gasteiger partial charge in [0.05, 0.1) is 0 Å². The number of hydrogen-bond donors (Lipinski definition) is 0. The molecule has 2 heteroatoms. The van der Waals surface area contributed by atoms with E-state index in [9.17, 15) is 0 Å². The van der Waals surface area contributed by atoms with Crippen LogP contribution in [0, 0.1) is 0 Å². The SMILES string of the molecule is CC(C)(C)c1ccc(C[Si](Cl)(c2ccccc2)c2ccccc2)cc1. The molecule has 0 atom stereocenters. The van der Waals surface area contributed by atoms with Crippen LogP contribution >= 0.6 is 11.1 Å². The molecule has 3 aromatic carbocycles. The molecule has 0 saturated heterocycles. The van der Waals surface area contributed by atoms with Crippen molar-refractivity contribution >= 4 is 28.8 Å². The van der Waals surface area contributed by atoms with Gasteiger partial charge in [-0.25, -0.2) is 0 Å². The number of benzene rings is 3. The maximum absolute atomic E-state index is 7.39. The van der Waals surface area contributed by atoms with E-state index in [1.54, 1.807) is 0 Å². The van der Waals surface area contributed by atoms with Crippen molar-refractivity contribution in [2.75, 3.05) is 0 Å². The summed E-state index contributed by atoms with van der Waals surface area (Å²) in [6.07, 6.45) is 0. The van der Waals surface area contributed by atoms with Gasteiger partial charge in [0.2, 0.25) is 7.38 Å². The molecule has 0 heterocycles. The van der Waals surface area contributed by atoms with Crippen LogP contribution in [0.4, 0.5) is 0 Å². The van der Waals surface area contributed by atoms with E-state index in [1.165, 1.54) is 21.5 Å². The summed E-state index contributed by atoms with van der Waals surface area (Å²) in [5.41, 5.74) is 2.84. The lowest BCUT2D eigenvalue weighted by Gasteiger charge is -2.26. The summed E-state index contributed by atoms with van der Waals surface area (Å²) in [6, 6.07) is 31.0. The van der Waals surface area contributed by atoms with E-state index in [-0.39, 0.29) is 5.41 Å². The molecule has 0 unspecified atom stereocenters. The summed E-state index contributed by atoms with van der Waals surface area (Å²) >= 11 is 7.39. The van der Waals surface area contributed by atoms with Crippen LogP contribution < -0.4 is 10.4 Å². The number of halogens is 1. The van der Waals surface area contributed by atoms with Gasteiger partial charge in [0, 0.05) is 0 Å². The van der Waals surface area contributed by atoms with E-state index in [0.29, 0.717) is 0 Å². The largest absolute Gasteiger partial charge is 0.221 e. The molecule has 128 valence electrons. The van der Waals surface area contributed by atoms with Gasteiger partial charge in [-0.3, -0.25) is 0 Å². The van der Waals surface area contributed by atoms with Crippen LogP contribution in [0.2, 0.25) is 0 Å². The molecule has 0 amide bonds. The van der Waals surface area contributed by atoms with Gasteiger partial charge < -0.3 is 0 Å². The summed E-state index contributed by atoms with van der Waals surface area (Å²) in [5, 5.41) is 2.53. The zero-order valence-electron chi connectivity index (χ0n) is 15.2. The van der Waals surface area contributed by atoms with E-state index in [0.717, 1.165) is 6.04 Å². The minimum atomic E-state index is -2.33. The van der Waals surface area contributed by atoms with Crippen LogP contribution in [0.25, 0.3) is 0 Å². The second kappa shape index (κ2) is 7.19. The lowest BCUT2D eigenvalue weighted by molar-refractivity contribution is 0.590. The van der Waals surface area contributed by atoms with Crippen molar-refractivity contribution in [1.82, 2.24) is 0 Å². The minimum Gasteiger partial charge on any atom is -0.154 e. The zero-order chi connectivity index (χ0) is 17.9. The minimum absolute atomic E-state index is 0.173. The number of rotatable bonds is 4. The van der Waals surface area contributed by atoms with Gasteiger partial charge in [0.15, 0.2) is 0 Å². The molecule has 0 bridgehead atoms. The Morgan fingerprint density at radius 1 is 0.680 bits per heavy atom. The fourth-order valence-corrected chi connectivity index (χ4v) is 7.38. The highest BCUT2D eigenvalue weighted by Crippen LogP contribution is 2.24. The summed E-state index contributed by atoms with van der Waals surface area (Å²) in [6.45, 7) is 6.74. The van der Waals surface area contributed by atoms with Gasteiger partial charge in [-0.05, 0) is 33.0 Å². The molecule has 0 aliphatic carbocycles. The number of hydrogen-bond acceptors (Lipinski definition) is 0. The average molecular weight is 365 g/mol. The smallest absolute Gasteiger partial charge is 0.154 e. The Balaban J connectivity index is 1.99. The second-order valence-electron chi connectivity index (χ2n) is 7.66. The summed E-state index contributed by atoms with van der Waals surface area (Å²) in [5.74, 6) is 0. The first-order chi connectivity index (χ1) is 11.9. The molecule has 0 saturated carbocycles. The fourth-order valence-electron chi connectivity index (χ4n) is 3.18. The first-order valence-electron chi connectivity index (χ1n) is 8.79. The van der Waals surface area contributed by atoms with E-state index >= 15 is 0 Å². The average Bonchev–Trinajstić information content (AvgIpc) is 2.63. The highest BCUT2D eigenvalue weighted by atomic mass is 35.6. The Labute approximate surface area is 157 Å². The standard InChI is InChI=1S/C23H25ClSi/c1-23(2,3)20-16-14-19(15-17-20)18-25(24,21-10-6-4-7-11-21)22-12-8-5-9-13-22/h4-17H,18H2,1-3H3.